The first-order chi connectivity index (χ1) is 9.31. The minimum Gasteiger partial charge on any atom is -0.479 e. The van der Waals surface area contributed by atoms with Crippen LogP contribution in [0, 0.1) is 11.8 Å². The second kappa shape index (κ2) is 7.59. The molecule has 0 aliphatic carbocycles. The lowest BCUT2D eigenvalue weighted by Crippen LogP contribution is -2.42. The topological polar surface area (TPSA) is 88.2 Å². The van der Waals surface area contributed by atoms with Crippen LogP contribution in [0.2, 0.25) is 0 Å². The molecule has 6 heteroatoms. The van der Waals surface area contributed by atoms with Crippen molar-refractivity contribution in [3.63, 3.8) is 0 Å². The van der Waals surface area contributed by atoms with Gasteiger partial charge in [-0.2, -0.15) is 0 Å². The highest BCUT2D eigenvalue weighted by Gasteiger charge is 2.51. The number of carbonyl (C=O) groups is 2. The molecular formula is C14H25NO5. The summed E-state index contributed by atoms with van der Waals surface area (Å²) in [5.74, 6) is -0.607. The number of rotatable bonds is 9. The number of ether oxygens (including phenoxy) is 2. The molecule has 0 radical (unpaired) electrons. The fourth-order valence-electron chi connectivity index (χ4n) is 1.97. The van der Waals surface area contributed by atoms with Gasteiger partial charge in [0.15, 0.2) is 12.2 Å². The van der Waals surface area contributed by atoms with E-state index >= 15 is 0 Å². The van der Waals surface area contributed by atoms with Crippen molar-refractivity contribution in [1.29, 1.82) is 0 Å². The number of carboxylic acids is 1. The predicted octanol–water partition coefficient (Wildman–Crippen LogP) is 1.04. The van der Waals surface area contributed by atoms with Crippen molar-refractivity contribution in [3.05, 3.63) is 0 Å². The molecule has 1 rings (SSSR count). The SMILES string of the molecule is CC(C)COC[C@@H](CC(C)C)NC(=O)[C@H]1O[C@@H]1C(=O)O. The Bertz CT molecular complexity index is 342. The molecule has 3 atom stereocenters. The molecule has 0 bridgehead atoms. The maximum absolute atomic E-state index is 11.9. The molecule has 1 saturated heterocycles. The van der Waals surface area contributed by atoms with Gasteiger partial charge in [-0.15, -0.1) is 0 Å². The number of epoxide rings is 1. The zero-order chi connectivity index (χ0) is 15.3. The molecule has 0 aromatic rings. The second-order valence-electron chi connectivity index (χ2n) is 6.08. The van der Waals surface area contributed by atoms with Gasteiger partial charge >= 0.3 is 5.97 Å². The largest absolute Gasteiger partial charge is 0.479 e. The maximum atomic E-state index is 11.9. The van der Waals surface area contributed by atoms with E-state index in [9.17, 15) is 9.59 Å². The number of hydrogen-bond donors (Lipinski definition) is 2. The highest BCUT2D eigenvalue weighted by Crippen LogP contribution is 2.22. The van der Waals surface area contributed by atoms with Gasteiger partial charge in [-0.05, 0) is 18.3 Å². The van der Waals surface area contributed by atoms with Crippen LogP contribution in [0.4, 0.5) is 0 Å². The molecule has 1 fully saturated rings. The number of carboxylic acid groups (broad SMARTS) is 1. The summed E-state index contributed by atoms with van der Waals surface area (Å²) in [6, 6.07) is -0.111. The van der Waals surface area contributed by atoms with Crippen LogP contribution in [0.25, 0.3) is 0 Å². The van der Waals surface area contributed by atoms with E-state index in [1.807, 2.05) is 0 Å². The van der Waals surface area contributed by atoms with E-state index in [1.165, 1.54) is 0 Å². The minimum absolute atomic E-state index is 0.111. The number of carbonyl (C=O) groups excluding carboxylic acids is 1. The van der Waals surface area contributed by atoms with E-state index in [-0.39, 0.29) is 11.9 Å². The molecule has 1 heterocycles. The molecule has 1 aliphatic heterocycles. The molecule has 2 N–H and O–H groups in total. The Morgan fingerprint density at radius 3 is 2.25 bits per heavy atom. The summed E-state index contributed by atoms with van der Waals surface area (Å²) in [6.45, 7) is 9.33. The van der Waals surface area contributed by atoms with E-state index in [1.54, 1.807) is 0 Å². The number of aliphatic carboxylic acids is 1. The van der Waals surface area contributed by atoms with E-state index in [0.29, 0.717) is 25.0 Å². The van der Waals surface area contributed by atoms with Crippen molar-refractivity contribution in [2.24, 2.45) is 11.8 Å². The number of hydrogen-bond acceptors (Lipinski definition) is 4. The van der Waals surface area contributed by atoms with E-state index < -0.39 is 18.2 Å². The third-order valence-electron chi connectivity index (χ3n) is 2.87. The average molecular weight is 287 g/mol. The standard InChI is InChI=1S/C14H25NO5/c1-8(2)5-10(7-19-6-9(3)4)15-13(16)11-12(20-11)14(17)18/h8-12H,5-7H2,1-4H3,(H,15,16)(H,17,18)/t10-,11+,12+/m1/s1. The monoisotopic (exact) mass is 287 g/mol. The Morgan fingerprint density at radius 2 is 1.80 bits per heavy atom. The Balaban J connectivity index is 2.39. The molecular weight excluding hydrogens is 262 g/mol. The molecule has 20 heavy (non-hydrogen) atoms. The Labute approximate surface area is 119 Å². The van der Waals surface area contributed by atoms with Crippen LogP contribution in [0.1, 0.15) is 34.1 Å². The lowest BCUT2D eigenvalue weighted by atomic mass is 10.0. The molecule has 116 valence electrons. The fourth-order valence-corrected chi connectivity index (χ4v) is 1.97. The van der Waals surface area contributed by atoms with E-state index in [4.69, 9.17) is 14.6 Å². The van der Waals surface area contributed by atoms with Gasteiger partial charge in [-0.3, -0.25) is 4.79 Å². The van der Waals surface area contributed by atoms with Gasteiger partial charge in [0.1, 0.15) is 0 Å². The van der Waals surface area contributed by atoms with Crippen LogP contribution in [0.3, 0.4) is 0 Å². The van der Waals surface area contributed by atoms with Crippen molar-refractivity contribution >= 4 is 11.9 Å². The summed E-state index contributed by atoms with van der Waals surface area (Å²) >= 11 is 0. The zero-order valence-corrected chi connectivity index (χ0v) is 12.6. The van der Waals surface area contributed by atoms with Crippen molar-refractivity contribution in [2.45, 2.75) is 52.4 Å². The lowest BCUT2D eigenvalue weighted by molar-refractivity contribution is -0.138. The summed E-state index contributed by atoms with van der Waals surface area (Å²) < 4.78 is 10.4. The summed E-state index contributed by atoms with van der Waals surface area (Å²) in [5.41, 5.74) is 0. The van der Waals surface area contributed by atoms with Gasteiger partial charge in [-0.1, -0.05) is 27.7 Å². The fraction of sp³-hybridized carbons (Fsp3) is 0.857. The summed E-state index contributed by atoms with van der Waals surface area (Å²) in [6.07, 6.45) is -1.06. The summed E-state index contributed by atoms with van der Waals surface area (Å²) in [7, 11) is 0. The first-order valence-electron chi connectivity index (χ1n) is 7.07. The molecule has 6 nitrogen and oxygen atoms in total. The first kappa shape index (κ1) is 16.9. The third-order valence-corrected chi connectivity index (χ3v) is 2.87. The lowest BCUT2D eigenvalue weighted by Gasteiger charge is -2.21. The molecule has 0 spiro atoms. The third kappa shape index (κ3) is 5.88. The molecule has 0 aromatic heterocycles. The van der Waals surface area contributed by atoms with Crippen molar-refractivity contribution in [3.8, 4) is 0 Å². The Morgan fingerprint density at radius 1 is 1.15 bits per heavy atom. The van der Waals surface area contributed by atoms with Crippen LogP contribution < -0.4 is 5.32 Å². The quantitative estimate of drug-likeness (QED) is 0.619. The van der Waals surface area contributed by atoms with Gasteiger partial charge in [0.25, 0.3) is 5.91 Å². The van der Waals surface area contributed by atoms with Crippen LogP contribution in [-0.4, -0.2) is 48.4 Å². The predicted molar refractivity (Wildman–Crippen MR) is 73.3 cm³/mol. The number of amides is 1. The van der Waals surface area contributed by atoms with E-state index in [0.717, 1.165) is 6.42 Å². The normalized spacial score (nSPS) is 22.9. The molecule has 1 aliphatic rings. The Kier molecular flexibility index (Phi) is 6.42. The van der Waals surface area contributed by atoms with Gasteiger partial charge in [0.2, 0.25) is 0 Å². The average Bonchev–Trinajstić information content (AvgIpc) is 3.06. The molecule has 0 unspecified atom stereocenters. The van der Waals surface area contributed by atoms with Crippen molar-refractivity contribution < 1.29 is 24.2 Å². The van der Waals surface area contributed by atoms with Gasteiger partial charge in [0.05, 0.1) is 12.6 Å². The highest BCUT2D eigenvalue weighted by molar-refractivity contribution is 5.92. The first-order valence-corrected chi connectivity index (χ1v) is 7.07. The minimum atomic E-state index is -1.10. The van der Waals surface area contributed by atoms with Gasteiger partial charge < -0.3 is 19.9 Å². The maximum Gasteiger partial charge on any atom is 0.336 e. The van der Waals surface area contributed by atoms with Crippen LogP contribution >= 0.6 is 0 Å². The van der Waals surface area contributed by atoms with Crippen LogP contribution in [0.5, 0.6) is 0 Å². The van der Waals surface area contributed by atoms with Gasteiger partial charge in [0, 0.05) is 6.61 Å². The van der Waals surface area contributed by atoms with Crippen LogP contribution in [-0.2, 0) is 19.1 Å². The molecule has 0 saturated carbocycles. The van der Waals surface area contributed by atoms with Crippen molar-refractivity contribution in [1.82, 2.24) is 5.32 Å². The molecule has 1 amide bonds. The van der Waals surface area contributed by atoms with Gasteiger partial charge in [-0.25, -0.2) is 4.79 Å². The Hall–Kier alpha value is -1.14. The van der Waals surface area contributed by atoms with E-state index in [2.05, 4.69) is 33.0 Å². The highest BCUT2D eigenvalue weighted by atomic mass is 16.6. The number of nitrogens with one attached hydrogen (secondary N) is 1. The zero-order valence-electron chi connectivity index (χ0n) is 12.6. The molecule has 0 aromatic carbocycles. The summed E-state index contributed by atoms with van der Waals surface area (Å²) in [5, 5.41) is 11.5. The van der Waals surface area contributed by atoms with Crippen molar-refractivity contribution in [2.75, 3.05) is 13.2 Å². The van der Waals surface area contributed by atoms with Crippen LogP contribution in [0.15, 0.2) is 0 Å². The smallest absolute Gasteiger partial charge is 0.336 e. The second-order valence-corrected chi connectivity index (χ2v) is 6.08. The summed E-state index contributed by atoms with van der Waals surface area (Å²) in [4.78, 5) is 22.5.